The van der Waals surface area contributed by atoms with Gasteiger partial charge in [-0.1, -0.05) is 6.07 Å². The number of carbonyl (C=O) groups excluding carboxylic acids is 1. The molecular weight excluding hydrogens is 216 g/mol. The lowest BCUT2D eigenvalue weighted by atomic mass is 10.2. The normalized spacial score (nSPS) is 16.6. The Morgan fingerprint density at radius 3 is 3.06 bits per heavy atom. The van der Waals surface area contributed by atoms with E-state index in [0.717, 1.165) is 37.6 Å². The SMILES string of the molecule is CCNc1ccc(CN2CCNC(=O)C2)cn1. The van der Waals surface area contributed by atoms with Crippen molar-refractivity contribution in [2.45, 2.75) is 13.5 Å². The molecule has 0 atom stereocenters. The number of nitrogens with one attached hydrogen (secondary N) is 2. The summed E-state index contributed by atoms with van der Waals surface area (Å²) < 4.78 is 0. The second-order valence-corrected chi connectivity index (χ2v) is 4.14. The predicted octanol–water partition coefficient (Wildman–Crippen LogP) is 0.445. The van der Waals surface area contributed by atoms with E-state index in [1.807, 2.05) is 19.2 Å². The van der Waals surface area contributed by atoms with E-state index in [2.05, 4.69) is 26.6 Å². The molecule has 0 bridgehead atoms. The van der Waals surface area contributed by atoms with Crippen LogP contribution in [0.25, 0.3) is 0 Å². The highest BCUT2D eigenvalue weighted by atomic mass is 16.2. The molecule has 2 rings (SSSR count). The monoisotopic (exact) mass is 234 g/mol. The van der Waals surface area contributed by atoms with Gasteiger partial charge in [-0.3, -0.25) is 9.69 Å². The highest BCUT2D eigenvalue weighted by Gasteiger charge is 2.15. The van der Waals surface area contributed by atoms with Crippen molar-refractivity contribution in [3.8, 4) is 0 Å². The summed E-state index contributed by atoms with van der Waals surface area (Å²) in [5, 5.41) is 5.97. The number of piperazine rings is 1. The summed E-state index contributed by atoms with van der Waals surface area (Å²) >= 11 is 0. The van der Waals surface area contributed by atoms with E-state index in [4.69, 9.17) is 0 Å². The number of anilines is 1. The fourth-order valence-electron chi connectivity index (χ4n) is 1.89. The summed E-state index contributed by atoms with van der Waals surface area (Å²) in [6.07, 6.45) is 1.87. The third-order valence-electron chi connectivity index (χ3n) is 2.71. The van der Waals surface area contributed by atoms with E-state index in [-0.39, 0.29) is 5.91 Å². The highest BCUT2D eigenvalue weighted by Crippen LogP contribution is 2.08. The molecule has 0 aromatic carbocycles. The van der Waals surface area contributed by atoms with Crippen molar-refractivity contribution in [1.82, 2.24) is 15.2 Å². The Morgan fingerprint density at radius 2 is 2.41 bits per heavy atom. The minimum atomic E-state index is 0.105. The van der Waals surface area contributed by atoms with Gasteiger partial charge in [0.15, 0.2) is 0 Å². The van der Waals surface area contributed by atoms with Crippen molar-refractivity contribution in [3.63, 3.8) is 0 Å². The molecule has 1 fully saturated rings. The number of hydrogen-bond acceptors (Lipinski definition) is 4. The van der Waals surface area contributed by atoms with E-state index in [9.17, 15) is 4.79 Å². The van der Waals surface area contributed by atoms with Gasteiger partial charge in [-0.05, 0) is 18.6 Å². The summed E-state index contributed by atoms with van der Waals surface area (Å²) in [6.45, 7) is 5.82. The minimum absolute atomic E-state index is 0.105. The maximum Gasteiger partial charge on any atom is 0.234 e. The molecule has 1 aliphatic heterocycles. The van der Waals surface area contributed by atoms with Gasteiger partial charge in [0.05, 0.1) is 6.54 Å². The molecule has 2 heterocycles. The largest absolute Gasteiger partial charge is 0.370 e. The van der Waals surface area contributed by atoms with E-state index < -0.39 is 0 Å². The van der Waals surface area contributed by atoms with Gasteiger partial charge in [-0.15, -0.1) is 0 Å². The average Bonchev–Trinajstić information content (AvgIpc) is 2.32. The molecule has 5 heteroatoms. The topological polar surface area (TPSA) is 57.3 Å². The lowest BCUT2D eigenvalue weighted by molar-refractivity contribution is -0.124. The van der Waals surface area contributed by atoms with Crippen LogP contribution in [-0.4, -0.2) is 42.0 Å². The van der Waals surface area contributed by atoms with Crippen LogP contribution >= 0.6 is 0 Å². The third-order valence-corrected chi connectivity index (χ3v) is 2.71. The van der Waals surface area contributed by atoms with Crippen LogP contribution in [0.4, 0.5) is 5.82 Å². The van der Waals surface area contributed by atoms with Crippen LogP contribution < -0.4 is 10.6 Å². The van der Waals surface area contributed by atoms with Gasteiger partial charge in [0.1, 0.15) is 5.82 Å². The number of hydrogen-bond donors (Lipinski definition) is 2. The highest BCUT2D eigenvalue weighted by molar-refractivity contribution is 5.78. The summed E-state index contributed by atoms with van der Waals surface area (Å²) in [7, 11) is 0. The minimum Gasteiger partial charge on any atom is -0.370 e. The van der Waals surface area contributed by atoms with E-state index >= 15 is 0 Å². The fourth-order valence-corrected chi connectivity index (χ4v) is 1.89. The zero-order chi connectivity index (χ0) is 12.1. The maximum atomic E-state index is 11.2. The molecule has 0 aliphatic carbocycles. The molecule has 0 spiro atoms. The Hall–Kier alpha value is -1.62. The number of rotatable bonds is 4. The van der Waals surface area contributed by atoms with Crippen molar-refractivity contribution in [3.05, 3.63) is 23.9 Å². The van der Waals surface area contributed by atoms with E-state index in [1.165, 1.54) is 0 Å². The van der Waals surface area contributed by atoms with Gasteiger partial charge in [0.2, 0.25) is 5.91 Å². The molecule has 17 heavy (non-hydrogen) atoms. The Labute approximate surface area is 101 Å². The predicted molar refractivity (Wildman–Crippen MR) is 66.7 cm³/mol. The van der Waals surface area contributed by atoms with Crippen LogP contribution in [0.3, 0.4) is 0 Å². The quantitative estimate of drug-likeness (QED) is 0.794. The van der Waals surface area contributed by atoms with Crippen molar-refractivity contribution < 1.29 is 4.79 Å². The Bertz CT molecular complexity index is 377. The summed E-state index contributed by atoms with van der Waals surface area (Å²) in [4.78, 5) is 17.7. The van der Waals surface area contributed by atoms with Gasteiger partial charge in [-0.2, -0.15) is 0 Å². The van der Waals surface area contributed by atoms with Crippen molar-refractivity contribution >= 4 is 11.7 Å². The van der Waals surface area contributed by atoms with Gasteiger partial charge in [0.25, 0.3) is 0 Å². The first-order chi connectivity index (χ1) is 8.28. The number of aromatic nitrogens is 1. The molecule has 0 unspecified atom stereocenters. The zero-order valence-electron chi connectivity index (χ0n) is 10.1. The van der Waals surface area contributed by atoms with Gasteiger partial charge in [0, 0.05) is 32.4 Å². The molecule has 0 saturated carbocycles. The lowest BCUT2D eigenvalue weighted by Gasteiger charge is -2.26. The first-order valence-electron chi connectivity index (χ1n) is 5.96. The van der Waals surface area contributed by atoms with Crippen LogP contribution in [0.15, 0.2) is 18.3 Å². The molecule has 1 aliphatic rings. The third kappa shape index (κ3) is 3.42. The van der Waals surface area contributed by atoms with Crippen LogP contribution in [0, 0.1) is 0 Å². The second kappa shape index (κ2) is 5.63. The number of amides is 1. The van der Waals surface area contributed by atoms with Crippen LogP contribution in [0.5, 0.6) is 0 Å². The average molecular weight is 234 g/mol. The smallest absolute Gasteiger partial charge is 0.234 e. The van der Waals surface area contributed by atoms with Gasteiger partial charge in [-0.25, -0.2) is 4.98 Å². The first kappa shape index (κ1) is 11.9. The number of carbonyl (C=O) groups is 1. The summed E-state index contributed by atoms with van der Waals surface area (Å²) in [5.74, 6) is 1.00. The van der Waals surface area contributed by atoms with Crippen molar-refractivity contribution in [2.75, 3.05) is 31.5 Å². The molecule has 0 radical (unpaired) electrons. The zero-order valence-corrected chi connectivity index (χ0v) is 10.1. The van der Waals surface area contributed by atoms with Gasteiger partial charge < -0.3 is 10.6 Å². The van der Waals surface area contributed by atoms with E-state index in [0.29, 0.717) is 6.54 Å². The molecule has 1 saturated heterocycles. The second-order valence-electron chi connectivity index (χ2n) is 4.14. The molecule has 1 aromatic heterocycles. The Balaban J connectivity index is 1.91. The Morgan fingerprint density at radius 1 is 1.53 bits per heavy atom. The molecule has 92 valence electrons. The van der Waals surface area contributed by atoms with Gasteiger partial charge >= 0.3 is 0 Å². The van der Waals surface area contributed by atoms with E-state index in [1.54, 1.807) is 0 Å². The lowest BCUT2D eigenvalue weighted by Crippen LogP contribution is -2.47. The van der Waals surface area contributed by atoms with Crippen molar-refractivity contribution in [2.24, 2.45) is 0 Å². The summed E-state index contributed by atoms with van der Waals surface area (Å²) in [6, 6.07) is 4.03. The first-order valence-corrected chi connectivity index (χ1v) is 5.96. The summed E-state index contributed by atoms with van der Waals surface area (Å²) in [5.41, 5.74) is 1.14. The molecule has 1 aromatic rings. The molecule has 5 nitrogen and oxygen atoms in total. The van der Waals surface area contributed by atoms with Crippen molar-refractivity contribution in [1.29, 1.82) is 0 Å². The molecular formula is C12H18N4O. The standard InChI is InChI=1S/C12H18N4O/c1-2-13-11-4-3-10(7-15-11)8-16-6-5-14-12(17)9-16/h3-4,7H,2,5-6,8-9H2,1H3,(H,13,15)(H,14,17). The Kier molecular flexibility index (Phi) is 3.93. The van der Waals surface area contributed by atoms with Crippen LogP contribution in [0.2, 0.25) is 0 Å². The molecule has 2 N–H and O–H groups in total. The van der Waals surface area contributed by atoms with Crippen LogP contribution in [0.1, 0.15) is 12.5 Å². The molecule has 1 amide bonds. The maximum absolute atomic E-state index is 11.2. The number of nitrogens with zero attached hydrogens (tertiary/aromatic N) is 2. The number of pyridine rings is 1. The fraction of sp³-hybridized carbons (Fsp3) is 0.500. The van der Waals surface area contributed by atoms with Crippen LogP contribution in [-0.2, 0) is 11.3 Å².